The van der Waals surface area contributed by atoms with Gasteiger partial charge in [0.2, 0.25) is 5.95 Å². The molecule has 0 amide bonds. The Morgan fingerprint density at radius 3 is 2.69 bits per heavy atom. The molecule has 84 valence electrons. The van der Waals surface area contributed by atoms with Crippen molar-refractivity contribution in [2.75, 3.05) is 12.8 Å². The molecule has 1 unspecified atom stereocenters. The zero-order valence-corrected chi connectivity index (χ0v) is 9.27. The summed E-state index contributed by atoms with van der Waals surface area (Å²) in [5.74, 6) is 0.887. The Labute approximate surface area is 93.4 Å². The van der Waals surface area contributed by atoms with Gasteiger partial charge in [0.05, 0.1) is 12.8 Å². The number of para-hydroxylation sites is 1. The molecular weight excluding hydrogens is 204 g/mol. The van der Waals surface area contributed by atoms with Gasteiger partial charge in [0.15, 0.2) is 0 Å². The van der Waals surface area contributed by atoms with E-state index in [9.17, 15) is 0 Å². The molecule has 5 heteroatoms. The quantitative estimate of drug-likeness (QED) is 0.791. The minimum absolute atomic E-state index is 0.195. The predicted octanol–water partition coefficient (Wildman–Crippen LogP) is 1.24. The van der Waals surface area contributed by atoms with Gasteiger partial charge in [-0.2, -0.15) is 0 Å². The van der Waals surface area contributed by atoms with Crippen molar-refractivity contribution in [1.29, 1.82) is 0 Å². The second-order valence-corrected chi connectivity index (χ2v) is 3.61. The number of nitrogen functional groups attached to an aromatic ring is 1. The molecule has 2 rings (SSSR count). The highest BCUT2D eigenvalue weighted by Crippen LogP contribution is 2.27. The minimum Gasteiger partial charge on any atom is -0.494 e. The Morgan fingerprint density at radius 2 is 2.06 bits per heavy atom. The van der Waals surface area contributed by atoms with Crippen molar-refractivity contribution in [3.63, 3.8) is 0 Å². The zero-order chi connectivity index (χ0) is 11.7. The molecule has 0 saturated heterocycles. The molecule has 0 aliphatic rings. The highest BCUT2D eigenvalue weighted by molar-refractivity contribution is 5.87. The van der Waals surface area contributed by atoms with Crippen molar-refractivity contribution in [3.8, 4) is 5.75 Å². The molecule has 1 heterocycles. The van der Waals surface area contributed by atoms with Crippen LogP contribution in [0, 0.1) is 0 Å². The maximum absolute atomic E-state index is 5.85. The molecule has 1 atom stereocenters. The number of methoxy groups -OCH3 is 1. The van der Waals surface area contributed by atoms with E-state index in [1.807, 2.05) is 25.1 Å². The average Bonchev–Trinajstić information content (AvgIpc) is 2.27. The third-order valence-corrected chi connectivity index (χ3v) is 2.39. The monoisotopic (exact) mass is 218 g/mol. The number of fused-ring (bicyclic) bond motifs is 1. The first-order valence-corrected chi connectivity index (χ1v) is 4.99. The van der Waals surface area contributed by atoms with Crippen LogP contribution >= 0.6 is 0 Å². The lowest BCUT2D eigenvalue weighted by atomic mass is 10.1. The maximum atomic E-state index is 5.85. The van der Waals surface area contributed by atoms with Crippen LogP contribution in [-0.2, 0) is 0 Å². The molecule has 0 saturated carbocycles. The molecule has 0 aliphatic heterocycles. The summed E-state index contributed by atoms with van der Waals surface area (Å²) in [7, 11) is 1.60. The van der Waals surface area contributed by atoms with Gasteiger partial charge in [-0.25, -0.2) is 9.97 Å². The van der Waals surface area contributed by atoms with Crippen LogP contribution < -0.4 is 16.2 Å². The minimum atomic E-state index is -0.195. The van der Waals surface area contributed by atoms with Gasteiger partial charge in [0, 0.05) is 11.4 Å². The van der Waals surface area contributed by atoms with Gasteiger partial charge in [-0.1, -0.05) is 12.1 Å². The fourth-order valence-corrected chi connectivity index (χ4v) is 1.68. The number of hydrogen-bond acceptors (Lipinski definition) is 5. The molecule has 4 N–H and O–H groups in total. The molecule has 1 aromatic carbocycles. The van der Waals surface area contributed by atoms with Gasteiger partial charge < -0.3 is 16.2 Å². The fourth-order valence-electron chi connectivity index (χ4n) is 1.68. The van der Waals surface area contributed by atoms with Gasteiger partial charge in [0.25, 0.3) is 0 Å². The number of nitrogens with two attached hydrogens (primary N) is 2. The van der Waals surface area contributed by atoms with Crippen molar-refractivity contribution < 1.29 is 4.74 Å². The number of benzene rings is 1. The molecule has 1 aromatic heterocycles. The number of rotatable bonds is 2. The Balaban J connectivity index is 2.83. The molecule has 2 aromatic rings. The van der Waals surface area contributed by atoms with Crippen LogP contribution in [-0.4, -0.2) is 17.1 Å². The zero-order valence-electron chi connectivity index (χ0n) is 9.27. The third kappa shape index (κ3) is 1.65. The molecule has 5 nitrogen and oxygen atoms in total. The van der Waals surface area contributed by atoms with Crippen molar-refractivity contribution in [1.82, 2.24) is 9.97 Å². The summed E-state index contributed by atoms with van der Waals surface area (Å²) in [4.78, 5) is 8.34. The van der Waals surface area contributed by atoms with Crippen LogP contribution in [0.3, 0.4) is 0 Å². The van der Waals surface area contributed by atoms with Gasteiger partial charge in [-0.05, 0) is 13.0 Å². The Kier molecular flexibility index (Phi) is 2.62. The van der Waals surface area contributed by atoms with Crippen LogP contribution in [0.5, 0.6) is 5.75 Å². The Bertz CT molecular complexity index is 525. The van der Waals surface area contributed by atoms with Gasteiger partial charge in [-0.15, -0.1) is 0 Å². The Morgan fingerprint density at radius 1 is 1.31 bits per heavy atom. The average molecular weight is 218 g/mol. The molecule has 0 bridgehead atoms. The van der Waals surface area contributed by atoms with E-state index in [-0.39, 0.29) is 12.0 Å². The van der Waals surface area contributed by atoms with Crippen LogP contribution in [0.1, 0.15) is 18.7 Å². The van der Waals surface area contributed by atoms with E-state index in [0.717, 1.165) is 11.1 Å². The second kappa shape index (κ2) is 3.94. The van der Waals surface area contributed by atoms with Crippen molar-refractivity contribution in [3.05, 3.63) is 23.9 Å². The third-order valence-electron chi connectivity index (χ3n) is 2.39. The van der Waals surface area contributed by atoms with Crippen molar-refractivity contribution in [2.24, 2.45) is 5.73 Å². The summed E-state index contributed by atoms with van der Waals surface area (Å²) in [5, 5.41) is 0.878. The van der Waals surface area contributed by atoms with Gasteiger partial charge in [-0.3, -0.25) is 0 Å². The van der Waals surface area contributed by atoms with Crippen molar-refractivity contribution in [2.45, 2.75) is 13.0 Å². The lowest BCUT2D eigenvalue weighted by Crippen LogP contribution is -2.11. The van der Waals surface area contributed by atoms with Crippen LogP contribution in [0.15, 0.2) is 18.2 Å². The highest BCUT2D eigenvalue weighted by atomic mass is 16.5. The summed E-state index contributed by atoms with van der Waals surface area (Å²) >= 11 is 0. The standard InChI is InChI=1S/C11H14N4O/c1-6(12)9-7-4-3-5-8(16-2)10(7)15-11(13)14-9/h3-6H,12H2,1-2H3,(H2,13,14,15). The van der Waals surface area contributed by atoms with Crippen molar-refractivity contribution >= 4 is 16.9 Å². The largest absolute Gasteiger partial charge is 0.494 e. The predicted molar refractivity (Wildman–Crippen MR) is 63.1 cm³/mol. The molecular formula is C11H14N4O. The molecule has 16 heavy (non-hydrogen) atoms. The van der Waals surface area contributed by atoms with E-state index in [4.69, 9.17) is 16.2 Å². The summed E-state index contributed by atoms with van der Waals surface area (Å²) in [5.41, 5.74) is 12.9. The number of nitrogens with zero attached hydrogens (tertiary/aromatic N) is 2. The number of ether oxygens (including phenoxy) is 1. The molecule has 0 radical (unpaired) electrons. The smallest absolute Gasteiger partial charge is 0.221 e. The van der Waals surface area contributed by atoms with Crippen LogP contribution in [0.2, 0.25) is 0 Å². The molecule has 0 spiro atoms. The van der Waals surface area contributed by atoms with E-state index in [1.165, 1.54) is 0 Å². The SMILES string of the molecule is COc1cccc2c(C(C)N)nc(N)nc12. The first-order valence-electron chi connectivity index (χ1n) is 4.99. The Hall–Kier alpha value is -1.88. The van der Waals surface area contributed by atoms with E-state index in [1.54, 1.807) is 7.11 Å². The van der Waals surface area contributed by atoms with Gasteiger partial charge >= 0.3 is 0 Å². The second-order valence-electron chi connectivity index (χ2n) is 3.61. The lowest BCUT2D eigenvalue weighted by Gasteiger charge is -2.11. The normalized spacial score (nSPS) is 12.7. The van der Waals surface area contributed by atoms with Gasteiger partial charge in [0.1, 0.15) is 11.3 Å². The first kappa shape index (κ1) is 10.6. The summed E-state index contributed by atoms with van der Waals surface area (Å²) in [6, 6.07) is 5.43. The maximum Gasteiger partial charge on any atom is 0.221 e. The van der Waals surface area contributed by atoms with Crippen LogP contribution in [0.25, 0.3) is 10.9 Å². The fraction of sp³-hybridized carbons (Fsp3) is 0.273. The summed E-state index contributed by atoms with van der Waals surface area (Å²) in [6.07, 6.45) is 0. The van der Waals surface area contributed by atoms with E-state index in [2.05, 4.69) is 9.97 Å². The highest BCUT2D eigenvalue weighted by Gasteiger charge is 2.12. The molecule has 0 aliphatic carbocycles. The van der Waals surface area contributed by atoms with E-state index >= 15 is 0 Å². The number of hydrogen-bond donors (Lipinski definition) is 2. The number of aromatic nitrogens is 2. The topological polar surface area (TPSA) is 87.0 Å². The van der Waals surface area contributed by atoms with Crippen LogP contribution in [0.4, 0.5) is 5.95 Å². The number of anilines is 1. The van der Waals surface area contributed by atoms with E-state index < -0.39 is 0 Å². The first-order chi connectivity index (χ1) is 7.63. The summed E-state index contributed by atoms with van der Waals surface area (Å²) < 4.78 is 5.23. The van der Waals surface area contributed by atoms with E-state index in [0.29, 0.717) is 11.3 Å². The molecule has 0 fully saturated rings. The summed E-state index contributed by atoms with van der Waals surface area (Å²) in [6.45, 7) is 1.86. The lowest BCUT2D eigenvalue weighted by molar-refractivity contribution is 0.419.